The first-order chi connectivity index (χ1) is 11.2. The van der Waals surface area contributed by atoms with Gasteiger partial charge in [0, 0.05) is 6.42 Å². The van der Waals surface area contributed by atoms with Gasteiger partial charge in [-0.25, -0.2) is 9.48 Å². The minimum Gasteiger partial charge on any atom is -0.492 e. The van der Waals surface area contributed by atoms with E-state index in [1.807, 2.05) is 35.7 Å². The zero-order chi connectivity index (χ0) is 15.9. The third-order valence-electron chi connectivity index (χ3n) is 4.77. The van der Waals surface area contributed by atoms with E-state index in [-0.39, 0.29) is 0 Å². The van der Waals surface area contributed by atoms with Crippen LogP contribution in [0.1, 0.15) is 24.1 Å². The van der Waals surface area contributed by atoms with Crippen LogP contribution in [0.3, 0.4) is 0 Å². The van der Waals surface area contributed by atoms with Crippen molar-refractivity contribution in [3.05, 3.63) is 46.7 Å². The Bertz CT molecular complexity index is 741. The van der Waals surface area contributed by atoms with Gasteiger partial charge in [0.25, 0.3) is 11.6 Å². The standard InChI is InChI=1S/C18H21N2O2S/c1-22-15-8-3-2-7-14(15)19-13-18(21,16-9-6-12-23-16)20-11-5-4-10-17(19)20/h2-3,6-9,12,21H,4-5,10-11,13H2,1H3/q+1. The maximum absolute atomic E-state index is 11.5. The number of ether oxygens (including phenoxy) is 1. The summed E-state index contributed by atoms with van der Waals surface area (Å²) in [6, 6.07) is 12.1. The Morgan fingerprint density at radius 1 is 1.22 bits per heavy atom. The second-order valence-electron chi connectivity index (χ2n) is 6.08. The van der Waals surface area contributed by atoms with E-state index in [1.165, 1.54) is 5.84 Å². The van der Waals surface area contributed by atoms with Crippen molar-refractivity contribution < 1.29 is 14.4 Å². The molecule has 0 aliphatic carbocycles. The Labute approximate surface area is 140 Å². The summed E-state index contributed by atoms with van der Waals surface area (Å²) in [6.45, 7) is 1.44. The monoisotopic (exact) mass is 329 g/mol. The van der Waals surface area contributed by atoms with Gasteiger partial charge in [0.1, 0.15) is 0 Å². The zero-order valence-corrected chi connectivity index (χ0v) is 14.1. The number of hydrogen-bond acceptors (Lipinski definition) is 4. The molecule has 0 radical (unpaired) electrons. The van der Waals surface area contributed by atoms with Crippen molar-refractivity contribution in [2.75, 3.05) is 25.1 Å². The van der Waals surface area contributed by atoms with E-state index >= 15 is 0 Å². The molecule has 1 atom stereocenters. The highest BCUT2D eigenvalue weighted by Gasteiger charge is 2.53. The predicted molar refractivity (Wildman–Crippen MR) is 92.5 cm³/mol. The predicted octanol–water partition coefficient (Wildman–Crippen LogP) is 3.02. The Morgan fingerprint density at radius 3 is 2.87 bits per heavy atom. The van der Waals surface area contributed by atoms with Gasteiger partial charge in [-0.05, 0) is 36.4 Å². The third kappa shape index (κ3) is 2.26. The number of β-amino-alcohol motifs (C(OH)–C–C–N with tert-alkyl or cyclic N) is 1. The molecule has 4 nitrogen and oxygen atoms in total. The van der Waals surface area contributed by atoms with Gasteiger partial charge < -0.3 is 9.84 Å². The zero-order valence-electron chi connectivity index (χ0n) is 13.2. The number of aliphatic hydroxyl groups is 1. The van der Waals surface area contributed by atoms with E-state index in [1.54, 1.807) is 18.4 Å². The Morgan fingerprint density at radius 2 is 2.09 bits per heavy atom. The molecule has 0 amide bonds. The molecule has 1 aromatic heterocycles. The molecule has 23 heavy (non-hydrogen) atoms. The molecule has 4 rings (SSSR count). The van der Waals surface area contributed by atoms with Crippen LogP contribution in [-0.4, -0.2) is 35.7 Å². The molecule has 0 fully saturated rings. The van der Waals surface area contributed by atoms with Crippen molar-refractivity contribution in [3.63, 3.8) is 0 Å². The van der Waals surface area contributed by atoms with Crippen LogP contribution in [-0.2, 0) is 5.72 Å². The van der Waals surface area contributed by atoms with Crippen LogP contribution in [0.25, 0.3) is 0 Å². The summed E-state index contributed by atoms with van der Waals surface area (Å²) in [5.41, 5.74) is 0.0921. The van der Waals surface area contributed by atoms with Gasteiger partial charge in [0.15, 0.2) is 18.0 Å². The summed E-state index contributed by atoms with van der Waals surface area (Å²) < 4.78 is 7.73. The first kappa shape index (κ1) is 14.7. The summed E-state index contributed by atoms with van der Waals surface area (Å²) in [5, 5.41) is 13.5. The lowest BCUT2D eigenvalue weighted by molar-refractivity contribution is -0.660. The summed E-state index contributed by atoms with van der Waals surface area (Å²) in [4.78, 5) is 3.24. The maximum atomic E-state index is 11.5. The van der Waals surface area contributed by atoms with E-state index in [0.29, 0.717) is 6.54 Å². The van der Waals surface area contributed by atoms with Crippen LogP contribution in [0.2, 0.25) is 0 Å². The normalized spacial score (nSPS) is 24.0. The minimum atomic E-state index is -0.940. The fourth-order valence-electron chi connectivity index (χ4n) is 3.69. The van der Waals surface area contributed by atoms with Crippen LogP contribution in [0.5, 0.6) is 5.75 Å². The second kappa shape index (κ2) is 5.65. The van der Waals surface area contributed by atoms with Crippen molar-refractivity contribution in [3.8, 4) is 5.75 Å². The van der Waals surface area contributed by atoms with Crippen LogP contribution < -0.4 is 9.64 Å². The number of rotatable bonds is 3. The number of nitrogens with zero attached hydrogens (tertiary/aromatic N) is 2. The molecule has 0 saturated heterocycles. The molecule has 0 spiro atoms. The average molecular weight is 329 g/mol. The minimum absolute atomic E-state index is 0.545. The highest BCUT2D eigenvalue weighted by molar-refractivity contribution is 7.10. The molecule has 3 heterocycles. The quantitative estimate of drug-likeness (QED) is 0.879. The third-order valence-corrected chi connectivity index (χ3v) is 5.78. The lowest BCUT2D eigenvalue weighted by Crippen LogP contribution is -2.40. The molecule has 0 saturated carbocycles. The number of benzene rings is 1. The number of amidine groups is 1. The summed E-state index contributed by atoms with van der Waals surface area (Å²) in [5.74, 6) is 2.05. The van der Waals surface area contributed by atoms with Crippen molar-refractivity contribution >= 4 is 22.9 Å². The van der Waals surface area contributed by atoms with Gasteiger partial charge in [-0.1, -0.05) is 18.2 Å². The molecule has 120 valence electrons. The number of hydrogen-bond donors (Lipinski definition) is 1. The van der Waals surface area contributed by atoms with Crippen molar-refractivity contribution in [2.24, 2.45) is 0 Å². The van der Waals surface area contributed by atoms with Crippen molar-refractivity contribution in [1.82, 2.24) is 0 Å². The van der Waals surface area contributed by atoms with Gasteiger partial charge in [-0.15, -0.1) is 11.3 Å². The highest BCUT2D eigenvalue weighted by atomic mass is 32.1. The van der Waals surface area contributed by atoms with Gasteiger partial charge in [-0.3, -0.25) is 0 Å². The lowest BCUT2D eigenvalue weighted by Gasteiger charge is -2.22. The van der Waals surface area contributed by atoms with E-state index in [2.05, 4.69) is 15.5 Å². The van der Waals surface area contributed by atoms with E-state index in [4.69, 9.17) is 4.74 Å². The first-order valence-electron chi connectivity index (χ1n) is 8.04. The van der Waals surface area contributed by atoms with Crippen LogP contribution in [0, 0.1) is 0 Å². The molecule has 1 N–H and O–H groups in total. The molecule has 2 aromatic rings. The highest BCUT2D eigenvalue weighted by Crippen LogP contribution is 2.40. The second-order valence-corrected chi connectivity index (χ2v) is 7.02. The topological polar surface area (TPSA) is 35.7 Å². The van der Waals surface area contributed by atoms with E-state index in [9.17, 15) is 5.11 Å². The first-order valence-corrected chi connectivity index (χ1v) is 8.92. The lowest BCUT2D eigenvalue weighted by atomic mass is 10.1. The Kier molecular flexibility index (Phi) is 3.62. The fourth-order valence-corrected chi connectivity index (χ4v) is 4.51. The number of anilines is 1. The number of para-hydroxylation sites is 2. The van der Waals surface area contributed by atoms with Gasteiger partial charge in [0.2, 0.25) is 0 Å². The smallest absolute Gasteiger partial charge is 0.280 e. The molecular formula is C18H21N2O2S+. The maximum Gasteiger partial charge on any atom is 0.280 e. The summed E-state index contributed by atoms with van der Waals surface area (Å²) in [7, 11) is 1.70. The largest absolute Gasteiger partial charge is 0.492 e. The fraction of sp³-hybridized carbons (Fsp3) is 0.389. The number of thiophene rings is 1. The molecule has 0 bridgehead atoms. The molecular weight excluding hydrogens is 308 g/mol. The van der Waals surface area contributed by atoms with E-state index < -0.39 is 5.72 Å². The Hall–Kier alpha value is -1.85. The van der Waals surface area contributed by atoms with Crippen molar-refractivity contribution in [2.45, 2.75) is 25.0 Å². The summed E-state index contributed by atoms with van der Waals surface area (Å²) >= 11 is 1.62. The van der Waals surface area contributed by atoms with Crippen LogP contribution in [0.15, 0.2) is 41.8 Å². The average Bonchev–Trinajstić information content (AvgIpc) is 3.23. The molecule has 1 aromatic carbocycles. The molecule has 2 aliphatic heterocycles. The SMILES string of the molecule is COc1ccccc1N1CC(O)(c2cccs2)[N+]2=C1CCCC2. The van der Waals surface area contributed by atoms with Gasteiger partial charge >= 0.3 is 0 Å². The number of methoxy groups -OCH3 is 1. The van der Waals surface area contributed by atoms with E-state index in [0.717, 1.165) is 42.1 Å². The van der Waals surface area contributed by atoms with Crippen LogP contribution >= 0.6 is 11.3 Å². The summed E-state index contributed by atoms with van der Waals surface area (Å²) in [6.07, 6.45) is 3.28. The van der Waals surface area contributed by atoms with Gasteiger partial charge in [-0.2, -0.15) is 0 Å². The molecule has 1 unspecified atom stereocenters. The Balaban J connectivity index is 1.83. The van der Waals surface area contributed by atoms with Crippen molar-refractivity contribution in [1.29, 1.82) is 0 Å². The molecule has 2 aliphatic rings. The molecule has 5 heteroatoms. The van der Waals surface area contributed by atoms with Crippen LogP contribution in [0.4, 0.5) is 5.69 Å². The van der Waals surface area contributed by atoms with Gasteiger partial charge in [0.05, 0.1) is 18.5 Å².